The van der Waals surface area contributed by atoms with Gasteiger partial charge in [-0.05, 0) is 53.7 Å². The Labute approximate surface area is 217 Å². The van der Waals surface area contributed by atoms with E-state index in [-0.39, 0.29) is 24.7 Å². The molecule has 1 aliphatic rings. The van der Waals surface area contributed by atoms with Crippen molar-refractivity contribution in [1.82, 2.24) is 4.90 Å². The summed E-state index contributed by atoms with van der Waals surface area (Å²) in [5, 5.41) is 11.6. The number of nitro benzene ring substituents is 1. The van der Waals surface area contributed by atoms with E-state index in [0.29, 0.717) is 32.7 Å². The first-order valence-corrected chi connectivity index (χ1v) is 12.2. The molecule has 4 aromatic rings. The van der Waals surface area contributed by atoms with Crippen LogP contribution in [0.3, 0.4) is 0 Å². The van der Waals surface area contributed by atoms with Gasteiger partial charge in [-0.3, -0.25) is 19.8 Å². The molecule has 8 nitrogen and oxygen atoms in total. The van der Waals surface area contributed by atoms with Crippen molar-refractivity contribution in [3.8, 4) is 5.75 Å². The summed E-state index contributed by atoms with van der Waals surface area (Å²) in [6.07, 6.45) is 3.35. The second-order valence-electron chi connectivity index (χ2n) is 8.06. The van der Waals surface area contributed by atoms with Crippen molar-refractivity contribution in [3.63, 3.8) is 0 Å². The van der Waals surface area contributed by atoms with Gasteiger partial charge in [0.25, 0.3) is 11.6 Å². The van der Waals surface area contributed by atoms with Crippen LogP contribution in [-0.2, 0) is 17.9 Å². The number of hydrogen-bond acceptors (Lipinski definition) is 7. The molecule has 5 rings (SSSR count). The number of carbonyl (C=O) groups excluding carboxylic acids is 1. The highest BCUT2D eigenvalue weighted by Crippen LogP contribution is 2.36. The lowest BCUT2D eigenvalue weighted by Crippen LogP contribution is -2.28. The molecular formula is C28H21N3O5S. The van der Waals surface area contributed by atoms with Crippen molar-refractivity contribution in [2.24, 2.45) is 4.99 Å². The first kappa shape index (κ1) is 24.1. The molecule has 0 aliphatic carbocycles. The van der Waals surface area contributed by atoms with Crippen LogP contribution in [0.2, 0.25) is 0 Å². The molecule has 184 valence electrons. The average Bonchev–Trinajstić information content (AvgIpc) is 3.53. The molecule has 0 radical (unpaired) electrons. The van der Waals surface area contributed by atoms with Crippen LogP contribution in [0.5, 0.6) is 5.75 Å². The van der Waals surface area contributed by atoms with Gasteiger partial charge in [-0.1, -0.05) is 48.5 Å². The van der Waals surface area contributed by atoms with Crippen molar-refractivity contribution in [3.05, 3.63) is 129 Å². The molecule has 1 fully saturated rings. The molecule has 1 saturated heterocycles. The minimum Gasteiger partial charge on any atom is -0.488 e. The number of furan rings is 1. The third-order valence-corrected chi connectivity index (χ3v) is 6.49. The fourth-order valence-corrected chi connectivity index (χ4v) is 4.68. The summed E-state index contributed by atoms with van der Waals surface area (Å²) in [5.41, 5.74) is 2.13. The van der Waals surface area contributed by atoms with E-state index in [1.54, 1.807) is 41.5 Å². The van der Waals surface area contributed by atoms with Gasteiger partial charge in [0.05, 0.1) is 28.3 Å². The molecule has 9 heteroatoms. The molecule has 3 aromatic carbocycles. The summed E-state index contributed by atoms with van der Waals surface area (Å²) < 4.78 is 11.5. The topological polar surface area (TPSA) is 98.2 Å². The van der Waals surface area contributed by atoms with Crippen molar-refractivity contribution in [1.29, 1.82) is 0 Å². The van der Waals surface area contributed by atoms with Gasteiger partial charge in [0.1, 0.15) is 18.1 Å². The molecule has 1 aliphatic heterocycles. The van der Waals surface area contributed by atoms with Crippen molar-refractivity contribution >= 4 is 40.3 Å². The van der Waals surface area contributed by atoms with Crippen molar-refractivity contribution < 1.29 is 18.9 Å². The second-order valence-corrected chi connectivity index (χ2v) is 9.07. The molecule has 1 amide bonds. The lowest BCUT2D eigenvalue weighted by Gasteiger charge is -2.13. The normalized spacial score (nSPS) is 15.5. The zero-order chi connectivity index (χ0) is 25.6. The van der Waals surface area contributed by atoms with E-state index in [4.69, 9.17) is 14.1 Å². The zero-order valence-electron chi connectivity index (χ0n) is 19.5. The maximum absolute atomic E-state index is 13.4. The monoisotopic (exact) mass is 511 g/mol. The predicted molar refractivity (Wildman–Crippen MR) is 142 cm³/mol. The minimum absolute atomic E-state index is 0.00587. The zero-order valence-corrected chi connectivity index (χ0v) is 20.3. The summed E-state index contributed by atoms with van der Waals surface area (Å²) >= 11 is 1.28. The SMILES string of the molecule is O=C1/C(=C/c2ccccc2OCc2cccc([N+](=O)[O-])c2)SC(=Nc2ccccc2)N1Cc1ccco1. The lowest BCUT2D eigenvalue weighted by atomic mass is 10.1. The van der Waals surface area contributed by atoms with Gasteiger partial charge in [-0.2, -0.15) is 0 Å². The average molecular weight is 512 g/mol. The van der Waals surface area contributed by atoms with Crippen LogP contribution in [0.25, 0.3) is 6.08 Å². The largest absolute Gasteiger partial charge is 0.488 e. The molecule has 0 bridgehead atoms. The van der Waals surface area contributed by atoms with Crippen LogP contribution >= 0.6 is 11.8 Å². The minimum atomic E-state index is -0.437. The number of benzene rings is 3. The molecule has 37 heavy (non-hydrogen) atoms. The first-order valence-electron chi connectivity index (χ1n) is 11.4. The van der Waals surface area contributed by atoms with Crippen LogP contribution in [0.4, 0.5) is 11.4 Å². The Kier molecular flexibility index (Phi) is 7.14. The molecule has 1 aromatic heterocycles. The Morgan fingerprint density at radius 3 is 2.59 bits per heavy atom. The number of carbonyl (C=O) groups is 1. The van der Waals surface area contributed by atoms with Crippen molar-refractivity contribution in [2.75, 3.05) is 0 Å². The van der Waals surface area contributed by atoms with Crippen LogP contribution in [0, 0.1) is 10.1 Å². The Morgan fingerprint density at radius 2 is 1.81 bits per heavy atom. The number of ether oxygens (including phenoxy) is 1. The number of amides is 1. The van der Waals surface area contributed by atoms with Gasteiger partial charge in [-0.15, -0.1) is 0 Å². The van der Waals surface area contributed by atoms with Crippen LogP contribution in [0.1, 0.15) is 16.9 Å². The number of nitro groups is 1. The van der Waals surface area contributed by atoms with E-state index < -0.39 is 4.92 Å². The first-order chi connectivity index (χ1) is 18.1. The number of aliphatic imine (C=N–C) groups is 1. The molecular weight excluding hydrogens is 490 g/mol. The third kappa shape index (κ3) is 5.79. The van der Waals surface area contributed by atoms with Gasteiger partial charge in [-0.25, -0.2) is 4.99 Å². The number of para-hydroxylation sites is 2. The molecule has 0 unspecified atom stereocenters. The van der Waals surface area contributed by atoms with E-state index in [2.05, 4.69) is 0 Å². The Hall–Kier alpha value is -4.63. The molecule has 0 N–H and O–H groups in total. The number of nitrogens with zero attached hydrogens (tertiary/aromatic N) is 3. The number of non-ortho nitro benzene ring substituents is 1. The highest BCUT2D eigenvalue weighted by Gasteiger charge is 2.34. The smallest absolute Gasteiger partial charge is 0.269 e. The Balaban J connectivity index is 1.41. The fraction of sp³-hybridized carbons (Fsp3) is 0.0714. The molecule has 0 atom stereocenters. The predicted octanol–water partition coefficient (Wildman–Crippen LogP) is 6.57. The number of amidine groups is 1. The Bertz CT molecular complexity index is 1480. The summed E-state index contributed by atoms with van der Waals surface area (Å²) in [6, 6.07) is 26.7. The van der Waals surface area contributed by atoms with Gasteiger partial charge in [0, 0.05) is 17.7 Å². The van der Waals surface area contributed by atoms with Crippen molar-refractivity contribution in [2.45, 2.75) is 13.2 Å². The molecule has 2 heterocycles. The maximum atomic E-state index is 13.4. The highest BCUT2D eigenvalue weighted by atomic mass is 32.2. The van der Waals surface area contributed by atoms with E-state index in [9.17, 15) is 14.9 Å². The second kappa shape index (κ2) is 11.0. The Morgan fingerprint density at radius 1 is 1.00 bits per heavy atom. The fourth-order valence-electron chi connectivity index (χ4n) is 3.70. The summed E-state index contributed by atoms with van der Waals surface area (Å²) in [6.45, 7) is 0.404. The number of thioether (sulfide) groups is 1. The summed E-state index contributed by atoms with van der Waals surface area (Å²) in [7, 11) is 0. The number of hydrogen-bond donors (Lipinski definition) is 0. The van der Waals surface area contributed by atoms with Gasteiger partial charge < -0.3 is 9.15 Å². The van der Waals surface area contributed by atoms with Crippen LogP contribution in [-0.4, -0.2) is 20.9 Å². The van der Waals surface area contributed by atoms with E-state index in [1.807, 2.05) is 54.6 Å². The quantitative estimate of drug-likeness (QED) is 0.151. The van der Waals surface area contributed by atoms with E-state index in [0.717, 1.165) is 5.69 Å². The van der Waals surface area contributed by atoms with E-state index in [1.165, 1.54) is 23.9 Å². The van der Waals surface area contributed by atoms with E-state index >= 15 is 0 Å². The number of rotatable bonds is 8. The summed E-state index contributed by atoms with van der Waals surface area (Å²) in [5.74, 6) is 1.02. The third-order valence-electron chi connectivity index (χ3n) is 5.48. The molecule has 0 saturated carbocycles. The van der Waals surface area contributed by atoms with Crippen LogP contribution in [0.15, 0.2) is 112 Å². The van der Waals surface area contributed by atoms with Gasteiger partial charge >= 0.3 is 0 Å². The maximum Gasteiger partial charge on any atom is 0.269 e. The molecule has 0 spiro atoms. The van der Waals surface area contributed by atoms with Crippen LogP contribution < -0.4 is 4.74 Å². The standard InChI is InChI=1S/C28H21N3O5S/c32-27-26(37-28(29-22-10-2-1-3-11-22)30(27)18-24-13-7-15-35-24)17-21-9-4-5-14-25(21)36-19-20-8-6-12-23(16-20)31(33)34/h1-17H,18-19H2/b26-17-,29-28?. The highest BCUT2D eigenvalue weighted by molar-refractivity contribution is 8.18. The summed E-state index contributed by atoms with van der Waals surface area (Å²) in [4.78, 5) is 30.9. The van der Waals surface area contributed by atoms with Gasteiger partial charge in [0.2, 0.25) is 0 Å². The lowest BCUT2D eigenvalue weighted by molar-refractivity contribution is -0.384. The van der Waals surface area contributed by atoms with Gasteiger partial charge in [0.15, 0.2) is 5.17 Å².